The number of carbonyl (C=O) groups excluding carboxylic acids is 2. The Labute approximate surface area is 166 Å². The predicted molar refractivity (Wildman–Crippen MR) is 107 cm³/mol. The van der Waals surface area contributed by atoms with E-state index in [2.05, 4.69) is 5.32 Å². The van der Waals surface area contributed by atoms with Crippen molar-refractivity contribution in [1.82, 2.24) is 10.2 Å². The zero-order valence-corrected chi connectivity index (χ0v) is 18.0. The molecule has 27 heavy (non-hydrogen) atoms. The molecule has 1 heterocycles. The Bertz CT molecular complexity index is 683. The van der Waals surface area contributed by atoms with Crippen LogP contribution in [0.5, 0.6) is 0 Å². The van der Waals surface area contributed by atoms with Gasteiger partial charge in [0.1, 0.15) is 16.7 Å². The maximum Gasteiger partial charge on any atom is 0.410 e. The lowest BCUT2D eigenvalue weighted by atomic mass is 9.82. The van der Waals surface area contributed by atoms with Gasteiger partial charge in [-0.1, -0.05) is 12.1 Å². The molecule has 7 heteroatoms. The molecule has 0 radical (unpaired) electrons. The standard InChI is InChI=1S/C20H30N2O4S/c1-18(2,3)25-16(23)21-20(14-8-10-15(27-7)11-9-14)12-22(13-20)17(24)26-19(4,5)6/h8-11H,12-13H2,1-7H3,(H,21,23). The number of hydrogen-bond donors (Lipinski definition) is 1. The molecule has 0 aromatic heterocycles. The predicted octanol–water partition coefficient (Wildman–Crippen LogP) is 4.38. The van der Waals surface area contributed by atoms with E-state index in [4.69, 9.17) is 9.47 Å². The number of thioether (sulfide) groups is 1. The van der Waals surface area contributed by atoms with E-state index in [0.29, 0.717) is 13.1 Å². The minimum atomic E-state index is -0.684. The molecule has 1 saturated heterocycles. The van der Waals surface area contributed by atoms with Crippen LogP contribution in [0.2, 0.25) is 0 Å². The number of benzene rings is 1. The number of alkyl carbamates (subject to hydrolysis) is 1. The summed E-state index contributed by atoms with van der Waals surface area (Å²) in [5.74, 6) is 0. The van der Waals surface area contributed by atoms with Gasteiger partial charge in [-0.15, -0.1) is 11.8 Å². The lowest BCUT2D eigenvalue weighted by molar-refractivity contribution is -0.0230. The van der Waals surface area contributed by atoms with Crippen molar-refractivity contribution in [2.75, 3.05) is 19.3 Å². The van der Waals surface area contributed by atoms with Gasteiger partial charge in [-0.25, -0.2) is 9.59 Å². The van der Waals surface area contributed by atoms with Crippen LogP contribution in [0.25, 0.3) is 0 Å². The molecule has 1 aliphatic rings. The van der Waals surface area contributed by atoms with E-state index in [-0.39, 0.29) is 6.09 Å². The van der Waals surface area contributed by atoms with Crippen molar-refractivity contribution in [2.24, 2.45) is 0 Å². The van der Waals surface area contributed by atoms with Gasteiger partial charge in [0, 0.05) is 4.90 Å². The highest BCUT2D eigenvalue weighted by Crippen LogP contribution is 2.34. The topological polar surface area (TPSA) is 67.9 Å². The smallest absolute Gasteiger partial charge is 0.410 e. The van der Waals surface area contributed by atoms with Gasteiger partial charge < -0.3 is 19.7 Å². The van der Waals surface area contributed by atoms with E-state index < -0.39 is 22.8 Å². The van der Waals surface area contributed by atoms with Crippen LogP contribution < -0.4 is 5.32 Å². The van der Waals surface area contributed by atoms with Crippen LogP contribution in [-0.2, 0) is 15.0 Å². The molecule has 0 atom stereocenters. The number of amides is 2. The van der Waals surface area contributed by atoms with Crippen molar-refractivity contribution in [3.8, 4) is 0 Å². The summed E-state index contributed by atoms with van der Waals surface area (Å²) in [7, 11) is 0. The number of ether oxygens (including phenoxy) is 2. The first-order valence-corrected chi connectivity index (χ1v) is 10.2. The molecule has 1 fully saturated rings. The van der Waals surface area contributed by atoms with Gasteiger partial charge in [0.15, 0.2) is 0 Å². The highest BCUT2D eigenvalue weighted by atomic mass is 32.2. The number of nitrogens with zero attached hydrogens (tertiary/aromatic N) is 1. The zero-order chi connectivity index (χ0) is 20.5. The summed E-state index contributed by atoms with van der Waals surface area (Å²) in [6.45, 7) is 11.6. The monoisotopic (exact) mass is 394 g/mol. The molecule has 1 N–H and O–H groups in total. The highest BCUT2D eigenvalue weighted by Gasteiger charge is 2.49. The van der Waals surface area contributed by atoms with Gasteiger partial charge in [-0.3, -0.25) is 0 Å². The third kappa shape index (κ3) is 5.79. The number of carbonyl (C=O) groups is 2. The third-order valence-corrected chi connectivity index (χ3v) is 4.70. The fourth-order valence-corrected chi connectivity index (χ4v) is 3.21. The Morgan fingerprint density at radius 3 is 1.96 bits per heavy atom. The number of nitrogens with one attached hydrogen (secondary N) is 1. The first kappa shape index (κ1) is 21.4. The minimum absolute atomic E-state index is 0.333. The molecule has 0 aliphatic carbocycles. The summed E-state index contributed by atoms with van der Waals surface area (Å²) in [4.78, 5) is 27.5. The maximum absolute atomic E-state index is 12.4. The summed E-state index contributed by atoms with van der Waals surface area (Å²) >= 11 is 1.65. The second-order valence-electron chi connectivity index (χ2n) is 8.77. The molecule has 2 amide bonds. The minimum Gasteiger partial charge on any atom is -0.444 e. The average molecular weight is 395 g/mol. The first-order chi connectivity index (χ1) is 12.3. The fourth-order valence-electron chi connectivity index (χ4n) is 2.80. The first-order valence-electron chi connectivity index (χ1n) is 8.97. The van der Waals surface area contributed by atoms with Crippen LogP contribution in [0.3, 0.4) is 0 Å². The molecule has 6 nitrogen and oxygen atoms in total. The van der Waals surface area contributed by atoms with Crippen molar-refractivity contribution in [3.05, 3.63) is 29.8 Å². The van der Waals surface area contributed by atoms with Crippen LogP contribution in [0.4, 0.5) is 9.59 Å². The molecule has 0 unspecified atom stereocenters. The van der Waals surface area contributed by atoms with Crippen LogP contribution >= 0.6 is 11.8 Å². The van der Waals surface area contributed by atoms with Crippen molar-refractivity contribution >= 4 is 23.9 Å². The van der Waals surface area contributed by atoms with Gasteiger partial charge in [-0.05, 0) is 65.5 Å². The summed E-state index contributed by atoms with van der Waals surface area (Å²) < 4.78 is 10.9. The molecule has 0 bridgehead atoms. The molecule has 1 aliphatic heterocycles. The molecular weight excluding hydrogens is 364 g/mol. The van der Waals surface area contributed by atoms with Crippen LogP contribution in [0, 0.1) is 0 Å². The Morgan fingerprint density at radius 2 is 1.52 bits per heavy atom. The summed E-state index contributed by atoms with van der Waals surface area (Å²) in [5.41, 5.74) is -0.905. The lowest BCUT2D eigenvalue weighted by Crippen LogP contribution is -2.69. The SMILES string of the molecule is CSc1ccc(C2(NC(=O)OC(C)(C)C)CN(C(=O)OC(C)(C)C)C2)cc1. The van der Waals surface area contributed by atoms with Crippen molar-refractivity contribution < 1.29 is 19.1 Å². The largest absolute Gasteiger partial charge is 0.444 e. The molecule has 1 aromatic rings. The molecule has 0 spiro atoms. The van der Waals surface area contributed by atoms with Crippen molar-refractivity contribution in [2.45, 2.75) is 63.2 Å². The molecule has 0 saturated carbocycles. The van der Waals surface area contributed by atoms with E-state index in [1.165, 1.54) is 0 Å². The van der Waals surface area contributed by atoms with E-state index >= 15 is 0 Å². The maximum atomic E-state index is 12.4. The van der Waals surface area contributed by atoms with E-state index in [1.807, 2.05) is 72.1 Å². The van der Waals surface area contributed by atoms with Gasteiger partial charge in [0.05, 0.1) is 13.1 Å². The van der Waals surface area contributed by atoms with Crippen LogP contribution in [-0.4, -0.2) is 47.6 Å². The Morgan fingerprint density at radius 1 is 1.00 bits per heavy atom. The number of hydrogen-bond acceptors (Lipinski definition) is 5. The Balaban J connectivity index is 2.18. The molecular formula is C20H30N2O4S. The third-order valence-electron chi connectivity index (χ3n) is 3.96. The van der Waals surface area contributed by atoms with Crippen molar-refractivity contribution in [1.29, 1.82) is 0 Å². The van der Waals surface area contributed by atoms with E-state index in [9.17, 15) is 9.59 Å². The van der Waals surface area contributed by atoms with E-state index in [0.717, 1.165) is 10.5 Å². The van der Waals surface area contributed by atoms with Crippen LogP contribution in [0.15, 0.2) is 29.2 Å². The zero-order valence-electron chi connectivity index (χ0n) is 17.2. The summed E-state index contributed by atoms with van der Waals surface area (Å²) in [5, 5.41) is 2.97. The molecule has 1 aromatic carbocycles. The Hall–Kier alpha value is -1.89. The van der Waals surface area contributed by atoms with Gasteiger partial charge in [0.2, 0.25) is 0 Å². The lowest BCUT2D eigenvalue weighted by Gasteiger charge is -2.50. The Kier molecular flexibility index (Phi) is 6.04. The summed E-state index contributed by atoms with van der Waals surface area (Å²) in [6, 6.07) is 7.98. The normalized spacial score (nSPS) is 16.3. The molecule has 150 valence electrons. The summed E-state index contributed by atoms with van der Waals surface area (Å²) in [6.07, 6.45) is 1.13. The highest BCUT2D eigenvalue weighted by molar-refractivity contribution is 7.98. The van der Waals surface area contributed by atoms with Gasteiger partial charge in [0.25, 0.3) is 0 Å². The average Bonchev–Trinajstić information content (AvgIpc) is 2.47. The number of rotatable bonds is 3. The second-order valence-corrected chi connectivity index (χ2v) is 9.65. The number of likely N-dealkylation sites (tertiary alicyclic amines) is 1. The van der Waals surface area contributed by atoms with Crippen molar-refractivity contribution in [3.63, 3.8) is 0 Å². The van der Waals surface area contributed by atoms with Crippen LogP contribution in [0.1, 0.15) is 47.1 Å². The quantitative estimate of drug-likeness (QED) is 0.771. The second kappa shape index (κ2) is 7.62. The van der Waals surface area contributed by atoms with E-state index in [1.54, 1.807) is 16.7 Å². The van der Waals surface area contributed by atoms with Gasteiger partial charge >= 0.3 is 12.2 Å². The van der Waals surface area contributed by atoms with Gasteiger partial charge in [-0.2, -0.15) is 0 Å². The fraction of sp³-hybridized carbons (Fsp3) is 0.600. The molecule has 2 rings (SSSR count).